The normalized spacial score (nSPS) is 12.2. The lowest BCUT2D eigenvalue weighted by Crippen LogP contribution is -1.94. The molecule has 0 saturated heterocycles. The smallest absolute Gasteiger partial charge is 0.148 e. The van der Waals surface area contributed by atoms with E-state index in [0.29, 0.717) is 18.6 Å². The minimum atomic E-state index is -0.588. The van der Waals surface area contributed by atoms with Crippen molar-refractivity contribution >= 4 is 26.9 Å². The van der Waals surface area contributed by atoms with Crippen LogP contribution in [-0.2, 0) is 0 Å². The summed E-state index contributed by atoms with van der Waals surface area (Å²) in [6, 6.07) is 7.71. The Kier molecular flexibility index (Phi) is 3.88. The molecule has 0 fully saturated rings. The molecule has 0 bridgehead atoms. The number of halogens is 1. The largest absolute Gasteiger partial charge is 0.457 e. The van der Waals surface area contributed by atoms with Gasteiger partial charge in [-0.3, -0.25) is 0 Å². The number of rotatable bonds is 3. The fourth-order valence-electron chi connectivity index (χ4n) is 1.69. The van der Waals surface area contributed by atoms with Crippen LogP contribution in [0.4, 0.5) is 0 Å². The summed E-state index contributed by atoms with van der Waals surface area (Å²) in [6.45, 7) is 1.80. The first-order valence-electron chi connectivity index (χ1n) is 5.48. The van der Waals surface area contributed by atoms with E-state index in [-0.39, 0.29) is 0 Å². The molecule has 1 aromatic heterocycles. The molecule has 1 aromatic carbocycles. The van der Waals surface area contributed by atoms with Crippen LogP contribution in [0.15, 0.2) is 33.2 Å². The summed E-state index contributed by atoms with van der Waals surface area (Å²) < 4.78 is 6.55. The van der Waals surface area contributed by atoms with E-state index in [1.54, 1.807) is 6.92 Å². The molecule has 1 N–H and O–H groups in total. The first-order valence-corrected chi connectivity index (χ1v) is 6.27. The average Bonchev–Trinajstić information content (AvgIpc) is 2.75. The number of aliphatic hydroxyl groups is 1. The Balaban J connectivity index is 2.23. The molecule has 17 heavy (non-hydrogen) atoms. The molecule has 0 aliphatic heterocycles. The van der Waals surface area contributed by atoms with Gasteiger partial charge in [-0.2, -0.15) is 0 Å². The van der Waals surface area contributed by atoms with Crippen LogP contribution in [0.2, 0.25) is 0 Å². The Bertz CT molecular complexity index is 575. The van der Waals surface area contributed by atoms with Gasteiger partial charge in [-0.1, -0.05) is 12.1 Å². The number of hydrogen-bond donors (Lipinski definition) is 1. The van der Waals surface area contributed by atoms with E-state index in [4.69, 9.17) is 4.42 Å². The van der Waals surface area contributed by atoms with Gasteiger partial charge in [-0.05, 0) is 41.4 Å². The van der Waals surface area contributed by atoms with Gasteiger partial charge in [-0.25, -0.2) is 0 Å². The third kappa shape index (κ3) is 2.71. The predicted molar refractivity (Wildman–Crippen MR) is 71.6 cm³/mol. The van der Waals surface area contributed by atoms with Crippen LogP contribution >= 0.6 is 15.9 Å². The van der Waals surface area contributed by atoms with Crippen molar-refractivity contribution in [2.75, 3.05) is 0 Å². The maximum absolute atomic E-state index is 9.96. The van der Waals surface area contributed by atoms with Crippen LogP contribution in [0, 0.1) is 11.8 Å². The summed E-state index contributed by atoms with van der Waals surface area (Å²) in [7, 11) is 0. The molecule has 1 atom stereocenters. The third-order valence-electron chi connectivity index (χ3n) is 2.56. The van der Waals surface area contributed by atoms with E-state index in [2.05, 4.69) is 27.8 Å². The average molecular weight is 293 g/mol. The van der Waals surface area contributed by atoms with Crippen molar-refractivity contribution in [2.24, 2.45) is 0 Å². The second-order valence-corrected chi connectivity index (χ2v) is 4.64. The summed E-state index contributed by atoms with van der Waals surface area (Å²) >= 11 is 3.43. The van der Waals surface area contributed by atoms with E-state index in [0.717, 1.165) is 15.4 Å². The fraction of sp³-hybridized carbons (Fsp3) is 0.286. The second-order valence-electron chi connectivity index (χ2n) is 3.79. The molecule has 3 heteroatoms. The van der Waals surface area contributed by atoms with Crippen LogP contribution in [0.1, 0.15) is 31.6 Å². The molecule has 0 amide bonds. The highest BCUT2D eigenvalue weighted by atomic mass is 79.9. The van der Waals surface area contributed by atoms with Gasteiger partial charge in [0.1, 0.15) is 17.4 Å². The molecule has 1 heterocycles. The maximum atomic E-state index is 9.96. The first-order chi connectivity index (χ1) is 8.22. The van der Waals surface area contributed by atoms with E-state index in [1.807, 2.05) is 24.3 Å². The van der Waals surface area contributed by atoms with Gasteiger partial charge in [0, 0.05) is 11.8 Å². The van der Waals surface area contributed by atoms with Crippen LogP contribution in [0.5, 0.6) is 0 Å². The monoisotopic (exact) mass is 292 g/mol. The zero-order valence-electron chi connectivity index (χ0n) is 9.53. The Morgan fingerprint density at radius 1 is 1.47 bits per heavy atom. The Morgan fingerprint density at radius 3 is 3.00 bits per heavy atom. The fourth-order valence-corrected chi connectivity index (χ4v) is 2.15. The van der Waals surface area contributed by atoms with Crippen LogP contribution in [0.3, 0.4) is 0 Å². The predicted octanol–water partition coefficient (Wildman–Crippen LogP) is 4.03. The van der Waals surface area contributed by atoms with E-state index in [9.17, 15) is 5.11 Å². The Hall–Kier alpha value is -1.24. The standard InChI is InChI=1S/C14H13BrO2/c1-2-3-4-8-12(16)13-9-10-6-5-7-11(15)14(10)17-13/h5-7,9,12,16H,4,8H2,1H3. The molecular weight excluding hydrogens is 280 g/mol. The highest BCUT2D eigenvalue weighted by Crippen LogP contribution is 2.30. The SMILES string of the molecule is CC#CCCC(O)c1cc2cccc(Br)c2o1. The summed E-state index contributed by atoms with van der Waals surface area (Å²) in [6.07, 6.45) is 0.684. The van der Waals surface area contributed by atoms with Crippen molar-refractivity contribution in [2.45, 2.75) is 25.9 Å². The molecule has 88 valence electrons. The van der Waals surface area contributed by atoms with Crippen LogP contribution < -0.4 is 0 Å². The molecule has 0 spiro atoms. The van der Waals surface area contributed by atoms with Gasteiger partial charge in [-0.15, -0.1) is 11.8 Å². The molecule has 2 aromatic rings. The lowest BCUT2D eigenvalue weighted by atomic mass is 10.1. The van der Waals surface area contributed by atoms with Gasteiger partial charge in [0.05, 0.1) is 4.47 Å². The molecule has 2 rings (SSSR count). The molecule has 0 radical (unpaired) electrons. The van der Waals surface area contributed by atoms with Crippen molar-refractivity contribution < 1.29 is 9.52 Å². The maximum Gasteiger partial charge on any atom is 0.148 e. The van der Waals surface area contributed by atoms with E-state index < -0.39 is 6.10 Å². The molecule has 2 nitrogen and oxygen atoms in total. The molecule has 0 aliphatic rings. The van der Waals surface area contributed by atoms with Crippen molar-refractivity contribution in [3.05, 3.63) is 34.5 Å². The van der Waals surface area contributed by atoms with Crippen molar-refractivity contribution in [1.29, 1.82) is 0 Å². The minimum Gasteiger partial charge on any atom is -0.457 e. The molecule has 0 saturated carbocycles. The van der Waals surface area contributed by atoms with E-state index >= 15 is 0 Å². The number of hydrogen-bond acceptors (Lipinski definition) is 2. The minimum absolute atomic E-state index is 0.588. The number of benzene rings is 1. The number of furan rings is 1. The number of fused-ring (bicyclic) bond motifs is 1. The zero-order chi connectivity index (χ0) is 12.3. The van der Waals surface area contributed by atoms with Gasteiger partial charge < -0.3 is 9.52 Å². The van der Waals surface area contributed by atoms with E-state index in [1.165, 1.54) is 0 Å². The Labute approximate surface area is 109 Å². The Morgan fingerprint density at radius 2 is 2.29 bits per heavy atom. The summed E-state index contributed by atoms with van der Waals surface area (Å²) in [5.74, 6) is 6.35. The lowest BCUT2D eigenvalue weighted by Gasteiger charge is -2.03. The summed E-state index contributed by atoms with van der Waals surface area (Å²) in [5, 5.41) is 11.0. The van der Waals surface area contributed by atoms with Crippen LogP contribution in [0.25, 0.3) is 11.0 Å². The molecule has 0 aliphatic carbocycles. The highest BCUT2D eigenvalue weighted by Gasteiger charge is 2.13. The number of para-hydroxylation sites is 1. The highest BCUT2D eigenvalue weighted by molar-refractivity contribution is 9.10. The van der Waals surface area contributed by atoms with Crippen LogP contribution in [-0.4, -0.2) is 5.11 Å². The van der Waals surface area contributed by atoms with Crippen molar-refractivity contribution in [1.82, 2.24) is 0 Å². The van der Waals surface area contributed by atoms with Gasteiger partial charge in [0.2, 0.25) is 0 Å². The zero-order valence-corrected chi connectivity index (χ0v) is 11.1. The molecular formula is C14H13BrO2. The topological polar surface area (TPSA) is 33.4 Å². The first kappa shape index (κ1) is 12.2. The van der Waals surface area contributed by atoms with Gasteiger partial charge in [0.15, 0.2) is 0 Å². The van der Waals surface area contributed by atoms with Gasteiger partial charge in [0.25, 0.3) is 0 Å². The summed E-state index contributed by atoms with van der Waals surface area (Å²) in [5.41, 5.74) is 0.781. The third-order valence-corrected chi connectivity index (χ3v) is 3.19. The molecule has 1 unspecified atom stereocenters. The quantitative estimate of drug-likeness (QED) is 0.867. The number of aliphatic hydroxyl groups excluding tert-OH is 1. The van der Waals surface area contributed by atoms with Crippen molar-refractivity contribution in [3.63, 3.8) is 0 Å². The summed E-state index contributed by atoms with van der Waals surface area (Å²) in [4.78, 5) is 0. The lowest BCUT2D eigenvalue weighted by molar-refractivity contribution is 0.144. The van der Waals surface area contributed by atoms with Gasteiger partial charge >= 0.3 is 0 Å². The van der Waals surface area contributed by atoms with Crippen molar-refractivity contribution in [3.8, 4) is 11.8 Å². The second kappa shape index (κ2) is 5.39.